The SMILES string of the molecule is CN(C)c1cc(CCCN)ccc1Cl. The Morgan fingerprint density at radius 2 is 2.07 bits per heavy atom. The predicted molar refractivity (Wildman–Crippen MR) is 63.2 cm³/mol. The van der Waals surface area contributed by atoms with E-state index in [0.29, 0.717) is 0 Å². The van der Waals surface area contributed by atoms with E-state index in [1.165, 1.54) is 5.56 Å². The first-order chi connectivity index (χ1) is 6.65. The minimum Gasteiger partial charge on any atom is -0.376 e. The maximum atomic E-state index is 6.06. The molecule has 14 heavy (non-hydrogen) atoms. The number of nitrogens with zero attached hydrogens (tertiary/aromatic N) is 1. The predicted octanol–water partition coefficient (Wildman–Crippen LogP) is 2.30. The molecule has 0 heterocycles. The molecule has 1 rings (SSSR count). The monoisotopic (exact) mass is 212 g/mol. The summed E-state index contributed by atoms with van der Waals surface area (Å²) < 4.78 is 0. The van der Waals surface area contributed by atoms with Crippen LogP contribution in [0.15, 0.2) is 18.2 Å². The second kappa shape index (κ2) is 5.23. The minimum atomic E-state index is 0.736. The topological polar surface area (TPSA) is 29.3 Å². The summed E-state index contributed by atoms with van der Waals surface area (Å²) >= 11 is 6.06. The third kappa shape index (κ3) is 2.89. The molecule has 0 saturated carbocycles. The molecule has 3 heteroatoms. The van der Waals surface area contributed by atoms with Gasteiger partial charge in [0.15, 0.2) is 0 Å². The quantitative estimate of drug-likeness (QED) is 0.830. The van der Waals surface area contributed by atoms with Gasteiger partial charge in [-0.2, -0.15) is 0 Å². The Kier molecular flexibility index (Phi) is 4.23. The molecule has 0 aliphatic heterocycles. The molecule has 78 valence electrons. The number of nitrogens with two attached hydrogens (primary N) is 1. The van der Waals surface area contributed by atoms with Crippen molar-refractivity contribution in [1.29, 1.82) is 0 Å². The molecule has 0 fully saturated rings. The first-order valence-corrected chi connectivity index (χ1v) is 5.18. The molecular weight excluding hydrogens is 196 g/mol. The number of halogens is 1. The molecule has 0 aromatic heterocycles. The Morgan fingerprint density at radius 3 is 2.64 bits per heavy atom. The summed E-state index contributed by atoms with van der Waals surface area (Å²) in [4.78, 5) is 2.02. The number of rotatable bonds is 4. The molecule has 2 N–H and O–H groups in total. The van der Waals surface area contributed by atoms with Crippen LogP contribution in [0.4, 0.5) is 5.69 Å². The van der Waals surface area contributed by atoms with Crippen molar-refractivity contribution < 1.29 is 0 Å². The Balaban J connectivity index is 2.83. The second-order valence-electron chi connectivity index (χ2n) is 3.57. The van der Waals surface area contributed by atoms with Gasteiger partial charge in [0.1, 0.15) is 0 Å². The first kappa shape index (κ1) is 11.3. The van der Waals surface area contributed by atoms with Crippen LogP contribution in [0.3, 0.4) is 0 Å². The largest absolute Gasteiger partial charge is 0.376 e. The van der Waals surface area contributed by atoms with Gasteiger partial charge in [-0.25, -0.2) is 0 Å². The highest BCUT2D eigenvalue weighted by Crippen LogP contribution is 2.25. The Bertz CT molecular complexity index is 297. The molecule has 2 nitrogen and oxygen atoms in total. The number of benzene rings is 1. The van der Waals surface area contributed by atoms with E-state index in [2.05, 4.69) is 12.1 Å². The van der Waals surface area contributed by atoms with Crippen molar-refractivity contribution in [3.05, 3.63) is 28.8 Å². The first-order valence-electron chi connectivity index (χ1n) is 4.81. The lowest BCUT2D eigenvalue weighted by atomic mass is 10.1. The zero-order chi connectivity index (χ0) is 10.6. The van der Waals surface area contributed by atoms with Crippen LogP contribution in [-0.4, -0.2) is 20.6 Å². The van der Waals surface area contributed by atoms with Crippen molar-refractivity contribution >= 4 is 17.3 Å². The molecule has 0 amide bonds. The Labute approximate surface area is 90.7 Å². The molecule has 0 bridgehead atoms. The second-order valence-corrected chi connectivity index (χ2v) is 3.98. The molecule has 0 radical (unpaired) electrons. The zero-order valence-electron chi connectivity index (χ0n) is 8.76. The number of aryl methyl sites for hydroxylation is 1. The molecule has 1 aromatic carbocycles. The van der Waals surface area contributed by atoms with E-state index < -0.39 is 0 Å². The van der Waals surface area contributed by atoms with Crippen molar-refractivity contribution in [3.63, 3.8) is 0 Å². The summed E-state index contributed by atoms with van der Waals surface area (Å²) in [5.41, 5.74) is 7.83. The van der Waals surface area contributed by atoms with Crippen molar-refractivity contribution in [3.8, 4) is 0 Å². The third-order valence-corrected chi connectivity index (χ3v) is 2.48. The normalized spacial score (nSPS) is 10.3. The Hall–Kier alpha value is -0.730. The summed E-state index contributed by atoms with van der Waals surface area (Å²) in [7, 11) is 3.99. The van der Waals surface area contributed by atoms with E-state index in [0.717, 1.165) is 30.1 Å². The van der Waals surface area contributed by atoms with Gasteiger partial charge in [0, 0.05) is 14.1 Å². The maximum Gasteiger partial charge on any atom is 0.0639 e. The Morgan fingerprint density at radius 1 is 1.36 bits per heavy atom. The molecule has 1 aromatic rings. The van der Waals surface area contributed by atoms with Crippen molar-refractivity contribution in [2.45, 2.75) is 12.8 Å². The van der Waals surface area contributed by atoms with Gasteiger partial charge < -0.3 is 10.6 Å². The molecule has 0 aliphatic rings. The van der Waals surface area contributed by atoms with E-state index in [1.807, 2.05) is 25.1 Å². The van der Waals surface area contributed by atoms with Crippen LogP contribution in [0.25, 0.3) is 0 Å². The van der Waals surface area contributed by atoms with Gasteiger partial charge >= 0.3 is 0 Å². The van der Waals surface area contributed by atoms with Crippen LogP contribution >= 0.6 is 11.6 Å². The van der Waals surface area contributed by atoms with Crippen molar-refractivity contribution in [2.24, 2.45) is 5.73 Å². The van der Waals surface area contributed by atoms with Crippen LogP contribution in [0.2, 0.25) is 5.02 Å². The maximum absolute atomic E-state index is 6.06. The molecule has 0 unspecified atom stereocenters. The molecule has 0 saturated heterocycles. The standard InChI is InChI=1S/C11H17ClN2/c1-14(2)11-8-9(4-3-7-13)5-6-10(11)12/h5-6,8H,3-4,7,13H2,1-2H3. The van der Waals surface area contributed by atoms with Gasteiger partial charge in [-0.3, -0.25) is 0 Å². The van der Waals surface area contributed by atoms with Crippen molar-refractivity contribution in [1.82, 2.24) is 0 Å². The lowest BCUT2D eigenvalue weighted by molar-refractivity contribution is 0.832. The van der Waals surface area contributed by atoms with Gasteiger partial charge in [-0.1, -0.05) is 17.7 Å². The highest BCUT2D eigenvalue weighted by atomic mass is 35.5. The van der Waals surface area contributed by atoms with Crippen molar-refractivity contribution in [2.75, 3.05) is 25.5 Å². The fourth-order valence-corrected chi connectivity index (χ4v) is 1.65. The van der Waals surface area contributed by atoms with E-state index >= 15 is 0 Å². The molecule has 0 atom stereocenters. The average molecular weight is 213 g/mol. The molecule has 0 spiro atoms. The minimum absolute atomic E-state index is 0.736. The third-order valence-electron chi connectivity index (χ3n) is 2.16. The van der Waals surface area contributed by atoms with Crippen LogP contribution < -0.4 is 10.6 Å². The van der Waals surface area contributed by atoms with Gasteiger partial charge in [0.2, 0.25) is 0 Å². The fraction of sp³-hybridized carbons (Fsp3) is 0.455. The van der Waals surface area contributed by atoms with E-state index in [1.54, 1.807) is 0 Å². The van der Waals surface area contributed by atoms with E-state index in [4.69, 9.17) is 17.3 Å². The number of hydrogen-bond donors (Lipinski definition) is 1. The summed E-state index contributed by atoms with van der Waals surface area (Å²) in [6, 6.07) is 6.13. The van der Waals surface area contributed by atoms with Gasteiger partial charge in [0.05, 0.1) is 10.7 Å². The van der Waals surface area contributed by atoms with Crippen LogP contribution in [-0.2, 0) is 6.42 Å². The highest BCUT2D eigenvalue weighted by molar-refractivity contribution is 6.33. The average Bonchev–Trinajstić information content (AvgIpc) is 2.16. The van der Waals surface area contributed by atoms with Gasteiger partial charge in [0.25, 0.3) is 0 Å². The summed E-state index contributed by atoms with van der Waals surface area (Å²) in [6.07, 6.45) is 2.04. The molecule has 0 aliphatic carbocycles. The number of anilines is 1. The summed E-state index contributed by atoms with van der Waals surface area (Å²) in [6.45, 7) is 0.736. The summed E-state index contributed by atoms with van der Waals surface area (Å²) in [5.74, 6) is 0. The van der Waals surface area contributed by atoms with E-state index in [9.17, 15) is 0 Å². The zero-order valence-corrected chi connectivity index (χ0v) is 9.51. The summed E-state index contributed by atoms with van der Waals surface area (Å²) in [5, 5.41) is 0.798. The van der Waals surface area contributed by atoms with Gasteiger partial charge in [-0.15, -0.1) is 0 Å². The number of hydrogen-bond acceptors (Lipinski definition) is 2. The van der Waals surface area contributed by atoms with E-state index in [-0.39, 0.29) is 0 Å². The van der Waals surface area contributed by atoms with Crippen LogP contribution in [0, 0.1) is 0 Å². The lowest BCUT2D eigenvalue weighted by Gasteiger charge is -2.15. The fourth-order valence-electron chi connectivity index (χ4n) is 1.36. The van der Waals surface area contributed by atoms with Crippen LogP contribution in [0.1, 0.15) is 12.0 Å². The smallest absolute Gasteiger partial charge is 0.0639 e. The molecular formula is C11H17ClN2. The highest BCUT2D eigenvalue weighted by Gasteiger charge is 2.03. The van der Waals surface area contributed by atoms with Crippen LogP contribution in [0.5, 0.6) is 0 Å². The lowest BCUT2D eigenvalue weighted by Crippen LogP contribution is -2.09. The van der Waals surface area contributed by atoms with Gasteiger partial charge in [-0.05, 0) is 37.1 Å².